The predicted octanol–water partition coefficient (Wildman–Crippen LogP) is 14.1. The average molecular weight is 1470 g/mol. The van der Waals surface area contributed by atoms with Crippen LogP contribution < -0.4 is 5.32 Å². The highest BCUT2D eigenvalue weighted by Crippen LogP contribution is 2.33. The smallest absolute Gasteiger partial charge is 0.220 e. The Bertz CT molecular complexity index is 2300. The highest BCUT2D eigenvalue weighted by Gasteiger charge is 2.54. The molecule has 17 atom stereocenters. The molecule has 0 aromatic carbocycles. The Morgan fingerprint density at radius 3 is 1.08 bits per heavy atom. The molecule has 3 saturated heterocycles. The molecule has 0 aromatic heterocycles. The number of unbranched alkanes of at least 4 members (excludes halogenated alkanes) is 32. The number of allylic oxidation sites excluding steroid dienone is 17. The summed E-state index contributed by atoms with van der Waals surface area (Å²) in [5.41, 5.74) is 0. The zero-order valence-corrected chi connectivity index (χ0v) is 64.2. The van der Waals surface area contributed by atoms with Gasteiger partial charge in [0.05, 0.1) is 38.6 Å². The van der Waals surface area contributed by atoms with Gasteiger partial charge in [0.25, 0.3) is 0 Å². The Hall–Kier alpha value is -3.55. The lowest BCUT2D eigenvalue weighted by Crippen LogP contribution is -2.66. The lowest BCUT2D eigenvalue weighted by molar-refractivity contribution is -0.379. The number of rotatable bonds is 64. The van der Waals surface area contributed by atoms with Gasteiger partial charge in [-0.2, -0.15) is 0 Å². The normalized spacial score (nSPS) is 26.5. The van der Waals surface area contributed by atoms with Crippen molar-refractivity contribution in [3.05, 3.63) is 109 Å². The standard InChI is InChI=1S/C85H147NO18/c1-3-5-7-9-11-13-15-17-19-21-23-25-27-29-31-33-35-36-38-40-42-44-46-48-50-52-54-56-58-60-62-69(90)68(86-73(91)63-61-59-57-55-53-51-49-47-45-43-41-39-37-34-32-30-28-26-24-22-20-18-16-14-12-10-8-6-4-2)67-99-83-79(97)76(94)81(71(65-88)101-83)104-85-80(98)77(95)82(72(66-89)102-85)103-84-78(96)75(93)74(92)70(64-87)100-84/h6,8,12,14,18,20,24,26,30,32,37,39,44,46,52,54,60,62,68-72,74-85,87-90,92-98H,3-5,7,9-11,13,15-17,19,21-23,25,27-29,31,33-36,38,40-43,45,47-51,53,55-59,61,63-67H2,1-2H3,(H,86,91)/b8-6-,14-12-,20-18-,26-24-,32-30-,39-37-,46-44+,54-52+,62-60+. The van der Waals surface area contributed by atoms with E-state index in [2.05, 4.69) is 116 Å². The molecule has 3 aliphatic rings. The third-order valence-electron chi connectivity index (χ3n) is 19.8. The Labute approximate surface area is 627 Å². The number of aliphatic hydroxyl groups is 11. The molecule has 19 heteroatoms. The maximum absolute atomic E-state index is 13.5. The van der Waals surface area contributed by atoms with Crippen molar-refractivity contribution >= 4 is 5.91 Å². The van der Waals surface area contributed by atoms with Gasteiger partial charge in [0.2, 0.25) is 5.91 Å². The number of amides is 1. The van der Waals surface area contributed by atoms with Gasteiger partial charge < -0.3 is 89.9 Å². The zero-order chi connectivity index (χ0) is 75.3. The lowest BCUT2D eigenvalue weighted by Gasteiger charge is -2.48. The Kier molecular flexibility index (Phi) is 58.5. The van der Waals surface area contributed by atoms with Crippen molar-refractivity contribution in [1.82, 2.24) is 5.32 Å². The number of nitrogens with one attached hydrogen (secondary N) is 1. The van der Waals surface area contributed by atoms with E-state index in [0.29, 0.717) is 12.8 Å². The first-order valence-corrected chi connectivity index (χ1v) is 41.1. The number of carbonyl (C=O) groups is 1. The van der Waals surface area contributed by atoms with Gasteiger partial charge in [-0.25, -0.2) is 0 Å². The summed E-state index contributed by atoms with van der Waals surface area (Å²) in [7, 11) is 0. The first-order chi connectivity index (χ1) is 50.8. The van der Waals surface area contributed by atoms with E-state index in [1.165, 1.54) is 161 Å². The van der Waals surface area contributed by atoms with Crippen LogP contribution in [0.25, 0.3) is 0 Å². The van der Waals surface area contributed by atoms with Gasteiger partial charge in [0.1, 0.15) is 73.2 Å². The third-order valence-corrected chi connectivity index (χ3v) is 19.8. The molecule has 104 heavy (non-hydrogen) atoms. The third kappa shape index (κ3) is 43.6. The lowest BCUT2D eigenvalue weighted by atomic mass is 9.96. The van der Waals surface area contributed by atoms with Crippen molar-refractivity contribution in [2.75, 3.05) is 26.4 Å². The van der Waals surface area contributed by atoms with Crippen LogP contribution in [-0.2, 0) is 33.2 Å². The van der Waals surface area contributed by atoms with E-state index in [-0.39, 0.29) is 18.9 Å². The molecule has 600 valence electrons. The van der Waals surface area contributed by atoms with Crippen molar-refractivity contribution in [3.63, 3.8) is 0 Å². The van der Waals surface area contributed by atoms with E-state index < -0.39 is 124 Å². The van der Waals surface area contributed by atoms with E-state index in [1.807, 2.05) is 6.08 Å². The molecule has 1 amide bonds. The van der Waals surface area contributed by atoms with Gasteiger partial charge in [-0.05, 0) is 96.3 Å². The van der Waals surface area contributed by atoms with Gasteiger partial charge in [-0.1, -0.05) is 297 Å². The second kappa shape index (κ2) is 64.3. The molecule has 3 rings (SSSR count). The molecule has 17 unspecified atom stereocenters. The molecule has 0 saturated carbocycles. The van der Waals surface area contributed by atoms with Crippen LogP contribution in [0.4, 0.5) is 0 Å². The van der Waals surface area contributed by atoms with Gasteiger partial charge >= 0.3 is 0 Å². The van der Waals surface area contributed by atoms with Crippen LogP contribution in [0, 0.1) is 0 Å². The Balaban J connectivity index is 1.40. The molecule has 0 radical (unpaired) electrons. The number of hydrogen-bond acceptors (Lipinski definition) is 18. The average Bonchev–Trinajstić information content (AvgIpc) is 0.781. The van der Waals surface area contributed by atoms with Crippen LogP contribution in [-0.4, -0.2) is 193 Å². The summed E-state index contributed by atoms with van der Waals surface area (Å²) in [5.74, 6) is -0.296. The van der Waals surface area contributed by atoms with E-state index in [0.717, 1.165) is 96.3 Å². The summed E-state index contributed by atoms with van der Waals surface area (Å²) in [4.78, 5) is 13.5. The van der Waals surface area contributed by atoms with E-state index in [1.54, 1.807) is 6.08 Å². The van der Waals surface area contributed by atoms with Crippen LogP contribution in [0.5, 0.6) is 0 Å². The fourth-order valence-corrected chi connectivity index (χ4v) is 13.2. The number of ether oxygens (including phenoxy) is 6. The minimum Gasteiger partial charge on any atom is -0.394 e. The molecule has 0 aromatic rings. The summed E-state index contributed by atoms with van der Waals surface area (Å²) in [6, 6.07) is -1.01. The van der Waals surface area contributed by atoms with Gasteiger partial charge in [-0.3, -0.25) is 4.79 Å². The molecule has 19 nitrogen and oxygen atoms in total. The van der Waals surface area contributed by atoms with E-state index >= 15 is 0 Å². The Morgan fingerprint density at radius 2 is 0.673 bits per heavy atom. The van der Waals surface area contributed by atoms with Crippen molar-refractivity contribution in [2.45, 2.75) is 394 Å². The minimum atomic E-state index is -1.99. The Morgan fingerprint density at radius 1 is 0.356 bits per heavy atom. The number of aliphatic hydroxyl groups excluding tert-OH is 11. The topological polar surface area (TPSA) is 307 Å². The van der Waals surface area contributed by atoms with Crippen LogP contribution in [0.15, 0.2) is 109 Å². The van der Waals surface area contributed by atoms with Crippen LogP contribution >= 0.6 is 0 Å². The molecule has 3 heterocycles. The minimum absolute atomic E-state index is 0.220. The van der Waals surface area contributed by atoms with Crippen molar-refractivity contribution in [3.8, 4) is 0 Å². The molecule has 0 bridgehead atoms. The maximum atomic E-state index is 13.5. The summed E-state index contributed by atoms with van der Waals surface area (Å²) in [6.45, 7) is 1.61. The number of carbonyl (C=O) groups excluding carboxylic acids is 1. The van der Waals surface area contributed by atoms with Crippen LogP contribution in [0.3, 0.4) is 0 Å². The molecule has 0 spiro atoms. The molecule has 12 N–H and O–H groups in total. The summed E-state index contributed by atoms with van der Waals surface area (Å²) >= 11 is 0. The molecule has 3 fully saturated rings. The highest BCUT2D eigenvalue weighted by molar-refractivity contribution is 5.76. The molecular formula is C85H147NO18. The van der Waals surface area contributed by atoms with Crippen LogP contribution in [0.2, 0.25) is 0 Å². The second-order valence-electron chi connectivity index (χ2n) is 28.8. The van der Waals surface area contributed by atoms with E-state index in [4.69, 9.17) is 28.4 Å². The largest absolute Gasteiger partial charge is 0.394 e. The fraction of sp³-hybridized carbons (Fsp3) is 0.776. The van der Waals surface area contributed by atoms with Crippen molar-refractivity contribution in [1.29, 1.82) is 0 Å². The predicted molar refractivity (Wildman–Crippen MR) is 415 cm³/mol. The molecule has 0 aliphatic carbocycles. The van der Waals surface area contributed by atoms with E-state index in [9.17, 15) is 61.0 Å². The quantitative estimate of drug-likeness (QED) is 0.0199. The fourth-order valence-electron chi connectivity index (χ4n) is 13.2. The summed E-state index contributed by atoms with van der Waals surface area (Å²) in [5, 5.41) is 121. The SMILES string of the molecule is CC/C=C\C/C=C\C/C=C\C/C=C\C/C=C\C/C=C\CCCCCCCCCCCCC(=O)NC(COC1OC(CO)C(OC2OC(CO)C(OC3OC(CO)C(O)C(O)C3O)C(O)C2O)C(O)C1O)C(O)/C=C/CC/C=C/CC/C=C/CCCCCCCCCCCCCCCCCCCCCC. The number of hydrogen-bond donors (Lipinski definition) is 12. The van der Waals surface area contributed by atoms with Crippen molar-refractivity contribution < 1.29 is 89.4 Å². The van der Waals surface area contributed by atoms with Gasteiger partial charge in [0.15, 0.2) is 18.9 Å². The summed E-state index contributed by atoms with van der Waals surface area (Å²) in [6.07, 6.45) is 62.2. The zero-order valence-electron chi connectivity index (χ0n) is 64.2. The first-order valence-electron chi connectivity index (χ1n) is 41.1. The monoisotopic (exact) mass is 1470 g/mol. The van der Waals surface area contributed by atoms with Gasteiger partial charge in [0, 0.05) is 6.42 Å². The van der Waals surface area contributed by atoms with Crippen LogP contribution in [0.1, 0.15) is 290 Å². The van der Waals surface area contributed by atoms with Gasteiger partial charge in [-0.15, -0.1) is 0 Å². The molecule has 3 aliphatic heterocycles. The highest BCUT2D eigenvalue weighted by atomic mass is 16.8. The first kappa shape index (κ1) is 94.7. The molecular weight excluding hydrogens is 1320 g/mol. The maximum Gasteiger partial charge on any atom is 0.220 e. The van der Waals surface area contributed by atoms with Crippen molar-refractivity contribution in [2.24, 2.45) is 0 Å². The summed E-state index contributed by atoms with van der Waals surface area (Å²) < 4.78 is 34.4. The second-order valence-corrected chi connectivity index (χ2v) is 28.8.